The van der Waals surface area contributed by atoms with Crippen LogP contribution in [0.15, 0.2) is 89.9 Å². The van der Waals surface area contributed by atoms with Crippen LogP contribution in [0, 0.1) is 0 Å². The number of hydrogen-bond acceptors (Lipinski definition) is 4. The number of hydrogen-bond donors (Lipinski definition) is 1. The third-order valence-electron chi connectivity index (χ3n) is 6.67. The van der Waals surface area contributed by atoms with E-state index in [1.807, 2.05) is 54.6 Å². The van der Waals surface area contributed by atoms with Gasteiger partial charge in [-0.15, -0.1) is 0 Å². The van der Waals surface area contributed by atoms with Gasteiger partial charge in [0.1, 0.15) is 12.7 Å². The van der Waals surface area contributed by atoms with Crippen LogP contribution < -0.4 is 5.32 Å². The zero-order chi connectivity index (χ0) is 26.3. The Bertz CT molecular complexity index is 1610. The van der Waals surface area contributed by atoms with E-state index in [9.17, 15) is 4.79 Å². The van der Waals surface area contributed by atoms with Gasteiger partial charge in [0, 0.05) is 20.6 Å². The molecule has 0 spiro atoms. The van der Waals surface area contributed by atoms with E-state index in [0.717, 1.165) is 34.1 Å². The van der Waals surface area contributed by atoms with Crippen molar-refractivity contribution in [1.82, 2.24) is 29.9 Å². The number of nitrogens with one attached hydrogen (secondary N) is 1. The number of carbonyl (C=O) groups excluding carboxylic acids is 1. The Morgan fingerprint density at radius 1 is 1.03 bits per heavy atom. The van der Waals surface area contributed by atoms with Crippen LogP contribution in [0.2, 0.25) is 10.0 Å². The minimum absolute atomic E-state index is 0.260. The maximum absolute atomic E-state index is 14.0. The summed E-state index contributed by atoms with van der Waals surface area (Å²) in [7, 11) is 0. The molecule has 0 saturated heterocycles. The summed E-state index contributed by atoms with van der Waals surface area (Å²) in [5, 5.41) is 13.4. The minimum Gasteiger partial charge on any atom is -0.341 e. The Hall–Kier alpha value is -3.46. The molecule has 0 bridgehead atoms. The molecule has 5 aromatic rings. The van der Waals surface area contributed by atoms with Gasteiger partial charge in [-0.05, 0) is 48.7 Å². The van der Waals surface area contributed by atoms with Gasteiger partial charge in [0.15, 0.2) is 5.69 Å². The highest BCUT2D eigenvalue weighted by molar-refractivity contribution is 9.10. The van der Waals surface area contributed by atoms with E-state index in [-0.39, 0.29) is 12.5 Å². The summed E-state index contributed by atoms with van der Waals surface area (Å²) in [6, 6.07) is 23.1. The fourth-order valence-electron chi connectivity index (χ4n) is 4.64. The van der Waals surface area contributed by atoms with Crippen molar-refractivity contribution >= 4 is 45.0 Å². The van der Waals surface area contributed by atoms with Gasteiger partial charge >= 0.3 is 0 Å². The molecule has 1 amide bonds. The molecule has 0 atom stereocenters. The third-order valence-corrected chi connectivity index (χ3v) is 7.74. The molecule has 0 unspecified atom stereocenters. The number of benzene rings is 3. The van der Waals surface area contributed by atoms with E-state index < -0.39 is 5.54 Å². The lowest BCUT2D eigenvalue weighted by molar-refractivity contribution is 0.0924. The first-order valence-corrected chi connectivity index (χ1v) is 13.5. The van der Waals surface area contributed by atoms with Gasteiger partial charge in [-0.2, -0.15) is 10.2 Å². The Morgan fingerprint density at radius 3 is 2.45 bits per heavy atom. The van der Waals surface area contributed by atoms with Crippen LogP contribution in [0.3, 0.4) is 0 Å². The predicted molar refractivity (Wildman–Crippen MR) is 151 cm³/mol. The monoisotopic (exact) mass is 606 g/mol. The molecule has 2 heterocycles. The molecule has 190 valence electrons. The van der Waals surface area contributed by atoms with Gasteiger partial charge in [-0.1, -0.05) is 81.6 Å². The highest BCUT2D eigenvalue weighted by Crippen LogP contribution is 2.46. The van der Waals surface area contributed by atoms with Gasteiger partial charge in [0.05, 0.1) is 28.5 Å². The average molecular weight is 608 g/mol. The first-order chi connectivity index (χ1) is 18.4. The van der Waals surface area contributed by atoms with Gasteiger partial charge in [-0.25, -0.2) is 14.3 Å². The Morgan fingerprint density at radius 2 is 1.79 bits per heavy atom. The average Bonchev–Trinajstić information content (AvgIpc) is 3.33. The second-order valence-electron chi connectivity index (χ2n) is 9.19. The lowest BCUT2D eigenvalue weighted by atomic mass is 10.0. The van der Waals surface area contributed by atoms with Gasteiger partial charge in [-0.3, -0.25) is 4.79 Å². The van der Waals surface area contributed by atoms with E-state index in [4.69, 9.17) is 28.3 Å². The van der Waals surface area contributed by atoms with Crippen LogP contribution >= 0.6 is 39.1 Å². The van der Waals surface area contributed by atoms with Gasteiger partial charge in [0.25, 0.3) is 5.91 Å². The van der Waals surface area contributed by atoms with Gasteiger partial charge in [0.2, 0.25) is 0 Å². The molecule has 1 fully saturated rings. The molecular weight excluding hydrogens is 587 g/mol. The molecule has 0 radical (unpaired) electrons. The quantitative estimate of drug-likeness (QED) is 0.224. The van der Waals surface area contributed by atoms with Gasteiger partial charge < -0.3 is 5.32 Å². The van der Waals surface area contributed by atoms with E-state index in [1.54, 1.807) is 33.9 Å². The molecule has 38 heavy (non-hydrogen) atoms. The van der Waals surface area contributed by atoms with Crippen LogP contribution in [-0.4, -0.2) is 30.5 Å². The van der Waals surface area contributed by atoms with Crippen molar-refractivity contribution in [3.63, 3.8) is 0 Å². The predicted octanol–water partition coefficient (Wildman–Crippen LogP) is 6.67. The molecule has 6 rings (SSSR count). The van der Waals surface area contributed by atoms with Crippen LogP contribution in [0.4, 0.5) is 0 Å². The molecule has 10 heteroatoms. The molecule has 3 aromatic carbocycles. The summed E-state index contributed by atoms with van der Waals surface area (Å²) in [5.41, 5.74) is 3.88. The van der Waals surface area contributed by atoms with Crippen molar-refractivity contribution in [1.29, 1.82) is 0 Å². The van der Waals surface area contributed by atoms with Crippen molar-refractivity contribution < 1.29 is 4.79 Å². The van der Waals surface area contributed by atoms with E-state index in [1.165, 1.54) is 6.33 Å². The highest BCUT2D eigenvalue weighted by Gasteiger charge is 2.46. The van der Waals surface area contributed by atoms with Crippen molar-refractivity contribution in [2.24, 2.45) is 0 Å². The topological polar surface area (TPSA) is 77.6 Å². The second-order valence-corrected chi connectivity index (χ2v) is 10.9. The second kappa shape index (κ2) is 10.0. The summed E-state index contributed by atoms with van der Waals surface area (Å²) in [6.07, 6.45) is 4.81. The summed E-state index contributed by atoms with van der Waals surface area (Å²) in [4.78, 5) is 18.0. The zero-order valence-corrected chi connectivity index (χ0v) is 23.1. The Labute approximate surface area is 237 Å². The van der Waals surface area contributed by atoms with Crippen molar-refractivity contribution in [2.75, 3.05) is 0 Å². The lowest BCUT2D eigenvalue weighted by Gasteiger charge is -2.17. The number of carbonyl (C=O) groups is 1. The van der Waals surface area contributed by atoms with Crippen molar-refractivity contribution in [3.8, 4) is 16.9 Å². The molecular formula is C28H21BrCl2N6O. The Balaban J connectivity index is 1.53. The number of rotatable bonds is 7. The van der Waals surface area contributed by atoms with Crippen LogP contribution in [0.5, 0.6) is 0 Å². The number of halogens is 3. The zero-order valence-electron chi connectivity index (χ0n) is 20.0. The molecule has 2 aromatic heterocycles. The number of amides is 1. The summed E-state index contributed by atoms with van der Waals surface area (Å²) in [5.74, 6) is -0.260. The summed E-state index contributed by atoms with van der Waals surface area (Å²) >= 11 is 16.4. The molecule has 7 nitrogen and oxygen atoms in total. The normalized spacial score (nSPS) is 13.9. The smallest absolute Gasteiger partial charge is 0.272 e. The lowest BCUT2D eigenvalue weighted by Crippen LogP contribution is -2.35. The maximum Gasteiger partial charge on any atom is 0.272 e. The van der Waals surface area contributed by atoms with Crippen molar-refractivity contribution in [3.05, 3.63) is 117 Å². The maximum atomic E-state index is 14.0. The molecule has 1 saturated carbocycles. The standard InChI is InChI=1S/C28H21BrCl2N6O/c29-20-8-6-18(7-9-20)26-22(15-36-17-32-16-33-36)25(35-37(26)24-11-10-21(30)14-23(24)31)27(38)34-28(12-13-28)19-4-2-1-3-5-19/h1-11,14,16-17H,12-13,15H2,(H,34,38). The fraction of sp³-hybridized carbons (Fsp3) is 0.143. The fourth-order valence-corrected chi connectivity index (χ4v) is 5.39. The molecule has 0 aliphatic heterocycles. The van der Waals surface area contributed by atoms with Crippen LogP contribution in [0.25, 0.3) is 16.9 Å². The van der Waals surface area contributed by atoms with E-state index in [2.05, 4.69) is 31.3 Å². The first kappa shape index (κ1) is 24.9. The Kier molecular flexibility index (Phi) is 6.55. The summed E-state index contributed by atoms with van der Waals surface area (Å²) < 4.78 is 4.32. The summed E-state index contributed by atoms with van der Waals surface area (Å²) in [6.45, 7) is 0.289. The minimum atomic E-state index is -0.400. The largest absolute Gasteiger partial charge is 0.341 e. The van der Waals surface area contributed by atoms with Crippen LogP contribution in [0.1, 0.15) is 34.5 Å². The van der Waals surface area contributed by atoms with E-state index in [0.29, 0.717) is 27.0 Å². The highest BCUT2D eigenvalue weighted by atomic mass is 79.9. The number of aromatic nitrogens is 5. The SMILES string of the molecule is O=C(NC1(c2ccccc2)CC1)c1nn(-c2ccc(Cl)cc2Cl)c(-c2ccc(Br)cc2)c1Cn1cncn1. The molecule has 1 aliphatic carbocycles. The van der Waals surface area contributed by atoms with E-state index >= 15 is 0 Å². The van der Waals surface area contributed by atoms with Crippen molar-refractivity contribution in [2.45, 2.75) is 24.9 Å². The molecule has 1 aliphatic rings. The first-order valence-electron chi connectivity index (χ1n) is 12.0. The van der Waals surface area contributed by atoms with Crippen LogP contribution in [-0.2, 0) is 12.1 Å². The number of nitrogens with zero attached hydrogens (tertiary/aromatic N) is 5. The molecule has 1 N–H and O–H groups in total. The third kappa shape index (κ3) is 4.75.